The minimum Gasteiger partial charge on any atom is -0.493 e. The first-order valence-corrected chi connectivity index (χ1v) is 7.34. The van der Waals surface area contributed by atoms with Gasteiger partial charge in [-0.1, -0.05) is 41.1 Å². The molecule has 2 N–H and O–H groups in total. The van der Waals surface area contributed by atoms with Crippen LogP contribution < -0.4 is 15.2 Å². The molecule has 0 unspecified atom stereocenters. The quantitative estimate of drug-likeness (QED) is 0.381. The molecule has 0 amide bonds. The van der Waals surface area contributed by atoms with Crippen LogP contribution in [0.1, 0.15) is 16.7 Å². The number of methoxy groups -OCH3 is 2. The number of amidine groups is 1. The fourth-order valence-electron chi connectivity index (χ4n) is 2.07. The van der Waals surface area contributed by atoms with Gasteiger partial charge < -0.3 is 20.0 Å². The summed E-state index contributed by atoms with van der Waals surface area (Å²) in [5, 5.41) is 3.69. The molecule has 0 heterocycles. The number of aryl methyl sites for hydroxylation is 1. The maximum Gasteiger partial charge on any atom is 0.339 e. The fourth-order valence-corrected chi connectivity index (χ4v) is 2.07. The van der Waals surface area contributed by atoms with Gasteiger partial charge in [0, 0.05) is 5.56 Å². The molecule has 0 aromatic heterocycles. The molecule has 0 aliphatic carbocycles. The highest BCUT2D eigenvalue weighted by atomic mass is 16.7. The topological polar surface area (TPSA) is 83.1 Å². The summed E-state index contributed by atoms with van der Waals surface area (Å²) in [5.74, 6) is 0.773. The summed E-state index contributed by atoms with van der Waals surface area (Å²) in [5.41, 5.74) is 8.33. The SMILES string of the molecule is COc1ccc(CC(=O)O/N=C(\N)c2ccc(C)cc2)cc1OC. The van der Waals surface area contributed by atoms with E-state index in [1.165, 1.54) is 7.11 Å². The lowest BCUT2D eigenvalue weighted by molar-refractivity contribution is -0.142. The Morgan fingerprint density at radius 2 is 1.71 bits per heavy atom. The molecule has 0 aliphatic rings. The van der Waals surface area contributed by atoms with Gasteiger partial charge in [-0.25, -0.2) is 4.79 Å². The van der Waals surface area contributed by atoms with Gasteiger partial charge in [-0.3, -0.25) is 0 Å². The molecule has 0 fully saturated rings. The second-order valence-corrected chi connectivity index (χ2v) is 5.17. The van der Waals surface area contributed by atoms with Crippen molar-refractivity contribution in [2.24, 2.45) is 10.9 Å². The highest BCUT2D eigenvalue weighted by molar-refractivity contribution is 5.97. The molecule has 24 heavy (non-hydrogen) atoms. The molecule has 0 bridgehead atoms. The van der Waals surface area contributed by atoms with Crippen LogP contribution in [0.5, 0.6) is 11.5 Å². The molecule has 0 saturated carbocycles. The zero-order valence-electron chi connectivity index (χ0n) is 13.9. The minimum absolute atomic E-state index is 0.0467. The van der Waals surface area contributed by atoms with Crippen molar-refractivity contribution < 1.29 is 19.1 Å². The van der Waals surface area contributed by atoms with Crippen molar-refractivity contribution >= 4 is 11.8 Å². The first kappa shape index (κ1) is 17.3. The molecule has 6 nitrogen and oxygen atoms in total. The summed E-state index contributed by atoms with van der Waals surface area (Å²) >= 11 is 0. The number of nitrogens with zero attached hydrogens (tertiary/aromatic N) is 1. The van der Waals surface area contributed by atoms with E-state index >= 15 is 0 Å². The number of hydrogen-bond acceptors (Lipinski definition) is 5. The van der Waals surface area contributed by atoms with E-state index in [9.17, 15) is 4.79 Å². The summed E-state index contributed by atoms with van der Waals surface area (Å²) in [7, 11) is 3.08. The standard InChI is InChI=1S/C18H20N2O4/c1-12-4-7-14(8-5-12)18(19)20-24-17(21)11-13-6-9-15(22-2)16(10-13)23-3/h4-10H,11H2,1-3H3,(H2,19,20). The predicted octanol–water partition coefficient (Wildman–Crippen LogP) is 2.42. The minimum atomic E-state index is -0.516. The molecular formula is C18H20N2O4. The molecule has 0 atom stereocenters. The number of benzene rings is 2. The second-order valence-electron chi connectivity index (χ2n) is 5.17. The van der Waals surface area contributed by atoms with Gasteiger partial charge in [0.15, 0.2) is 17.3 Å². The lowest BCUT2D eigenvalue weighted by atomic mass is 10.1. The third-order valence-corrected chi connectivity index (χ3v) is 3.39. The van der Waals surface area contributed by atoms with E-state index in [0.717, 1.165) is 11.1 Å². The highest BCUT2D eigenvalue weighted by Crippen LogP contribution is 2.27. The first-order valence-electron chi connectivity index (χ1n) is 7.34. The molecule has 2 aromatic carbocycles. The molecule has 0 radical (unpaired) electrons. The Bertz CT molecular complexity index is 739. The van der Waals surface area contributed by atoms with Crippen LogP contribution in [-0.4, -0.2) is 26.0 Å². The summed E-state index contributed by atoms with van der Waals surface area (Å²) in [6, 6.07) is 12.6. The summed E-state index contributed by atoms with van der Waals surface area (Å²) < 4.78 is 10.4. The van der Waals surface area contributed by atoms with Crippen LogP contribution in [0.3, 0.4) is 0 Å². The van der Waals surface area contributed by atoms with Crippen LogP contribution in [0.2, 0.25) is 0 Å². The lowest BCUT2D eigenvalue weighted by Crippen LogP contribution is -2.15. The van der Waals surface area contributed by atoms with Crippen LogP contribution in [0.4, 0.5) is 0 Å². The number of oxime groups is 1. The molecule has 2 aromatic rings. The van der Waals surface area contributed by atoms with E-state index in [4.69, 9.17) is 20.0 Å². The largest absolute Gasteiger partial charge is 0.493 e. The van der Waals surface area contributed by atoms with Crippen LogP contribution in [-0.2, 0) is 16.1 Å². The van der Waals surface area contributed by atoms with E-state index in [0.29, 0.717) is 17.1 Å². The molecular weight excluding hydrogens is 308 g/mol. The first-order chi connectivity index (χ1) is 11.5. The van der Waals surface area contributed by atoms with Crippen molar-refractivity contribution in [3.63, 3.8) is 0 Å². The maximum atomic E-state index is 11.9. The monoisotopic (exact) mass is 328 g/mol. The van der Waals surface area contributed by atoms with E-state index in [1.54, 1.807) is 25.3 Å². The fraction of sp³-hybridized carbons (Fsp3) is 0.222. The van der Waals surface area contributed by atoms with Crippen LogP contribution in [0, 0.1) is 6.92 Å². The van der Waals surface area contributed by atoms with Gasteiger partial charge in [0.2, 0.25) is 0 Å². The lowest BCUT2D eigenvalue weighted by Gasteiger charge is -2.08. The Morgan fingerprint density at radius 3 is 2.33 bits per heavy atom. The number of nitrogens with two attached hydrogens (primary N) is 1. The zero-order valence-corrected chi connectivity index (χ0v) is 13.9. The zero-order chi connectivity index (χ0) is 17.5. The summed E-state index contributed by atoms with van der Waals surface area (Å²) in [6.45, 7) is 1.97. The van der Waals surface area contributed by atoms with Crippen molar-refractivity contribution in [1.29, 1.82) is 0 Å². The Balaban J connectivity index is 2.00. The molecule has 2 rings (SSSR count). The van der Waals surface area contributed by atoms with E-state index < -0.39 is 5.97 Å². The number of hydrogen-bond donors (Lipinski definition) is 1. The Morgan fingerprint density at radius 1 is 1.04 bits per heavy atom. The normalized spacial score (nSPS) is 11.0. The van der Waals surface area contributed by atoms with Crippen LogP contribution in [0.25, 0.3) is 0 Å². The van der Waals surface area contributed by atoms with Gasteiger partial charge in [-0.2, -0.15) is 0 Å². The molecule has 0 aliphatic heterocycles. The van der Waals surface area contributed by atoms with Gasteiger partial charge in [-0.05, 0) is 24.6 Å². The van der Waals surface area contributed by atoms with Crippen molar-refractivity contribution in [3.05, 3.63) is 59.2 Å². The van der Waals surface area contributed by atoms with Gasteiger partial charge in [-0.15, -0.1) is 0 Å². The average Bonchev–Trinajstić information content (AvgIpc) is 2.60. The van der Waals surface area contributed by atoms with E-state index in [-0.39, 0.29) is 12.3 Å². The number of carbonyl (C=O) groups excluding carboxylic acids is 1. The van der Waals surface area contributed by atoms with Gasteiger partial charge in [0.25, 0.3) is 0 Å². The van der Waals surface area contributed by atoms with Crippen molar-refractivity contribution in [2.45, 2.75) is 13.3 Å². The van der Waals surface area contributed by atoms with Crippen LogP contribution >= 0.6 is 0 Å². The summed E-state index contributed by atoms with van der Waals surface area (Å²) in [4.78, 5) is 16.8. The van der Waals surface area contributed by atoms with Crippen molar-refractivity contribution in [3.8, 4) is 11.5 Å². The van der Waals surface area contributed by atoms with Crippen molar-refractivity contribution in [1.82, 2.24) is 0 Å². The number of carbonyl (C=O) groups is 1. The molecule has 126 valence electrons. The van der Waals surface area contributed by atoms with Crippen LogP contribution in [0.15, 0.2) is 47.6 Å². The molecule has 0 saturated heterocycles. The maximum absolute atomic E-state index is 11.9. The average molecular weight is 328 g/mol. The van der Waals surface area contributed by atoms with E-state index in [2.05, 4.69) is 5.16 Å². The third-order valence-electron chi connectivity index (χ3n) is 3.39. The number of rotatable bonds is 6. The predicted molar refractivity (Wildman–Crippen MR) is 91.2 cm³/mol. The van der Waals surface area contributed by atoms with Gasteiger partial charge >= 0.3 is 5.97 Å². The second kappa shape index (κ2) is 8.01. The highest BCUT2D eigenvalue weighted by Gasteiger charge is 2.10. The Hall–Kier alpha value is -3.02. The van der Waals surface area contributed by atoms with Gasteiger partial charge in [0.05, 0.1) is 20.6 Å². The third kappa shape index (κ3) is 4.49. The van der Waals surface area contributed by atoms with E-state index in [1.807, 2.05) is 31.2 Å². The summed E-state index contributed by atoms with van der Waals surface area (Å²) in [6.07, 6.45) is 0.0467. The van der Waals surface area contributed by atoms with Crippen molar-refractivity contribution in [2.75, 3.05) is 14.2 Å². The Kier molecular flexibility index (Phi) is 5.78. The molecule has 6 heteroatoms. The number of ether oxygens (including phenoxy) is 2. The Labute approximate surface area is 140 Å². The van der Waals surface area contributed by atoms with Gasteiger partial charge in [0.1, 0.15) is 0 Å². The smallest absolute Gasteiger partial charge is 0.339 e. The molecule has 0 spiro atoms.